The Morgan fingerprint density at radius 2 is 2.38 bits per heavy atom. The van der Waals surface area contributed by atoms with Crippen LogP contribution < -0.4 is 11.3 Å². The van der Waals surface area contributed by atoms with E-state index in [2.05, 4.69) is 20.1 Å². The summed E-state index contributed by atoms with van der Waals surface area (Å²) in [6, 6.07) is 1.67. The van der Waals surface area contributed by atoms with E-state index < -0.39 is 0 Å². The van der Waals surface area contributed by atoms with Gasteiger partial charge in [-0.3, -0.25) is 4.79 Å². The fraction of sp³-hybridized carbons (Fsp3) is 0.375. The molecule has 0 radical (unpaired) electrons. The predicted molar refractivity (Wildman–Crippen MR) is 64.4 cm³/mol. The number of nitrogens with one attached hydrogen (secondary N) is 1. The molecule has 16 heavy (non-hydrogen) atoms. The van der Waals surface area contributed by atoms with Crippen LogP contribution in [0.15, 0.2) is 16.2 Å². The molecule has 0 atom stereocenters. The standard InChI is InChI=1S/C8H12N4O2S2/c1-14-7(13)4-16-6-3-5(12-9)10-8(11-6)15-2/h3H,4,9H2,1-2H3,(H,10,11,12). The van der Waals surface area contributed by atoms with Crippen LogP contribution in [0.2, 0.25) is 0 Å². The van der Waals surface area contributed by atoms with Gasteiger partial charge in [0.1, 0.15) is 10.8 Å². The Balaban J connectivity index is 2.74. The molecule has 8 heteroatoms. The first-order valence-corrected chi connectivity index (χ1v) is 6.50. The highest BCUT2D eigenvalue weighted by Gasteiger charge is 2.07. The molecule has 0 fully saturated rings. The molecule has 1 aromatic heterocycles. The lowest BCUT2D eigenvalue weighted by Crippen LogP contribution is -2.10. The van der Waals surface area contributed by atoms with Gasteiger partial charge in [-0.25, -0.2) is 15.8 Å². The van der Waals surface area contributed by atoms with Gasteiger partial charge in [-0.05, 0) is 6.26 Å². The number of ether oxygens (including phenoxy) is 1. The quantitative estimate of drug-likeness (QED) is 0.200. The third-order valence-corrected chi connectivity index (χ3v) is 3.01. The van der Waals surface area contributed by atoms with Crippen LogP contribution in [0.4, 0.5) is 5.82 Å². The molecule has 0 aliphatic rings. The normalized spacial score (nSPS) is 9.94. The Hall–Kier alpha value is -0.990. The Bertz CT molecular complexity index is 353. The molecule has 0 saturated heterocycles. The largest absolute Gasteiger partial charge is 0.468 e. The van der Waals surface area contributed by atoms with Crippen LogP contribution in [0.1, 0.15) is 0 Å². The second-order valence-corrected chi connectivity index (χ2v) is 4.36. The van der Waals surface area contributed by atoms with E-state index in [0.717, 1.165) is 0 Å². The minimum Gasteiger partial charge on any atom is -0.468 e. The zero-order valence-electron chi connectivity index (χ0n) is 8.89. The number of nitrogens with two attached hydrogens (primary N) is 1. The molecule has 0 aromatic carbocycles. The lowest BCUT2D eigenvalue weighted by atomic mass is 10.6. The Morgan fingerprint density at radius 1 is 1.62 bits per heavy atom. The molecule has 0 saturated carbocycles. The van der Waals surface area contributed by atoms with Crippen molar-refractivity contribution in [1.82, 2.24) is 9.97 Å². The van der Waals surface area contributed by atoms with Crippen molar-refractivity contribution in [2.45, 2.75) is 10.2 Å². The molecule has 88 valence electrons. The minimum absolute atomic E-state index is 0.214. The van der Waals surface area contributed by atoms with Crippen LogP contribution in [0.3, 0.4) is 0 Å². The van der Waals surface area contributed by atoms with E-state index in [1.807, 2.05) is 6.26 Å². The van der Waals surface area contributed by atoms with Gasteiger partial charge in [0, 0.05) is 6.07 Å². The number of carbonyl (C=O) groups excluding carboxylic acids is 1. The fourth-order valence-corrected chi connectivity index (χ4v) is 2.00. The minimum atomic E-state index is -0.295. The first-order valence-electron chi connectivity index (χ1n) is 4.29. The summed E-state index contributed by atoms with van der Waals surface area (Å²) in [5, 5.41) is 1.28. The van der Waals surface area contributed by atoms with Crippen molar-refractivity contribution in [1.29, 1.82) is 0 Å². The van der Waals surface area contributed by atoms with Crippen molar-refractivity contribution >= 4 is 35.3 Å². The summed E-state index contributed by atoms with van der Waals surface area (Å²) in [5.74, 6) is 5.71. The van der Waals surface area contributed by atoms with E-state index in [1.165, 1.54) is 30.6 Å². The van der Waals surface area contributed by atoms with Crippen molar-refractivity contribution < 1.29 is 9.53 Å². The van der Waals surface area contributed by atoms with Gasteiger partial charge in [0.05, 0.1) is 12.9 Å². The molecular formula is C8H12N4O2S2. The first-order chi connectivity index (χ1) is 7.69. The summed E-state index contributed by atoms with van der Waals surface area (Å²) < 4.78 is 4.54. The van der Waals surface area contributed by atoms with Crippen molar-refractivity contribution in [2.75, 3.05) is 24.5 Å². The second kappa shape index (κ2) is 6.56. The van der Waals surface area contributed by atoms with Crippen molar-refractivity contribution in [3.05, 3.63) is 6.07 Å². The topological polar surface area (TPSA) is 90.1 Å². The summed E-state index contributed by atoms with van der Waals surface area (Å²) in [6.45, 7) is 0. The van der Waals surface area contributed by atoms with Gasteiger partial charge >= 0.3 is 5.97 Å². The SMILES string of the molecule is COC(=O)CSc1cc(NN)nc(SC)n1. The van der Waals surface area contributed by atoms with E-state index in [9.17, 15) is 4.79 Å². The molecule has 0 spiro atoms. The Labute approximate surface area is 102 Å². The number of nitrogens with zero attached hydrogens (tertiary/aromatic N) is 2. The maximum absolute atomic E-state index is 11.0. The van der Waals surface area contributed by atoms with Crippen LogP contribution >= 0.6 is 23.5 Å². The molecule has 3 N–H and O–H groups in total. The molecule has 0 amide bonds. The van der Waals surface area contributed by atoms with Gasteiger partial charge in [-0.15, -0.1) is 0 Å². The number of aromatic nitrogens is 2. The van der Waals surface area contributed by atoms with Gasteiger partial charge < -0.3 is 10.2 Å². The molecule has 0 aliphatic heterocycles. The summed E-state index contributed by atoms with van der Waals surface area (Å²) in [4.78, 5) is 19.3. The molecule has 0 unspecified atom stereocenters. The van der Waals surface area contributed by atoms with E-state index in [-0.39, 0.29) is 11.7 Å². The number of carbonyl (C=O) groups is 1. The fourth-order valence-electron chi connectivity index (χ4n) is 0.835. The lowest BCUT2D eigenvalue weighted by molar-refractivity contribution is -0.137. The zero-order chi connectivity index (χ0) is 12.0. The molecule has 6 nitrogen and oxygen atoms in total. The summed E-state index contributed by atoms with van der Waals surface area (Å²) in [6.07, 6.45) is 1.87. The van der Waals surface area contributed by atoms with Crippen molar-refractivity contribution in [3.8, 4) is 0 Å². The van der Waals surface area contributed by atoms with Gasteiger partial charge in [0.15, 0.2) is 5.16 Å². The van der Waals surface area contributed by atoms with Crippen LogP contribution in [0.5, 0.6) is 0 Å². The van der Waals surface area contributed by atoms with Crippen LogP contribution in [0, 0.1) is 0 Å². The van der Waals surface area contributed by atoms with Gasteiger partial charge in [0.25, 0.3) is 0 Å². The average Bonchev–Trinajstić information content (AvgIpc) is 2.35. The van der Waals surface area contributed by atoms with Crippen LogP contribution in [0.25, 0.3) is 0 Å². The Kier molecular flexibility index (Phi) is 5.36. The number of thioether (sulfide) groups is 2. The molecule has 1 rings (SSSR count). The van der Waals surface area contributed by atoms with Gasteiger partial charge in [0.2, 0.25) is 0 Å². The summed E-state index contributed by atoms with van der Waals surface area (Å²) >= 11 is 2.68. The average molecular weight is 260 g/mol. The zero-order valence-corrected chi connectivity index (χ0v) is 10.5. The van der Waals surface area contributed by atoms with E-state index >= 15 is 0 Å². The van der Waals surface area contributed by atoms with E-state index in [4.69, 9.17) is 5.84 Å². The number of rotatable bonds is 5. The lowest BCUT2D eigenvalue weighted by Gasteiger charge is -2.05. The third-order valence-electron chi connectivity index (χ3n) is 1.58. The molecule has 1 aromatic rings. The molecule has 0 bridgehead atoms. The molecular weight excluding hydrogens is 248 g/mol. The highest BCUT2D eigenvalue weighted by atomic mass is 32.2. The number of hydrogen-bond donors (Lipinski definition) is 2. The van der Waals surface area contributed by atoms with E-state index in [1.54, 1.807) is 6.07 Å². The second-order valence-electron chi connectivity index (χ2n) is 2.59. The smallest absolute Gasteiger partial charge is 0.316 e. The van der Waals surface area contributed by atoms with E-state index in [0.29, 0.717) is 16.0 Å². The highest BCUT2D eigenvalue weighted by Crippen LogP contribution is 2.21. The monoisotopic (exact) mass is 260 g/mol. The van der Waals surface area contributed by atoms with Crippen LogP contribution in [-0.4, -0.2) is 35.1 Å². The number of nitrogen functional groups attached to an aromatic ring is 1. The Morgan fingerprint density at radius 3 is 2.94 bits per heavy atom. The number of hydrazine groups is 1. The molecule has 0 aliphatic carbocycles. The summed E-state index contributed by atoms with van der Waals surface area (Å²) in [5.41, 5.74) is 2.45. The van der Waals surface area contributed by atoms with Gasteiger partial charge in [-0.1, -0.05) is 23.5 Å². The number of anilines is 1. The van der Waals surface area contributed by atoms with Crippen molar-refractivity contribution in [3.63, 3.8) is 0 Å². The third kappa shape index (κ3) is 3.87. The number of methoxy groups -OCH3 is 1. The maximum Gasteiger partial charge on any atom is 0.316 e. The van der Waals surface area contributed by atoms with Gasteiger partial charge in [-0.2, -0.15) is 0 Å². The number of hydrogen-bond acceptors (Lipinski definition) is 8. The summed E-state index contributed by atoms with van der Waals surface area (Å²) in [7, 11) is 1.35. The molecule has 1 heterocycles. The highest BCUT2D eigenvalue weighted by molar-refractivity contribution is 8.00. The van der Waals surface area contributed by atoms with Crippen LogP contribution in [-0.2, 0) is 9.53 Å². The first kappa shape index (κ1) is 13.1. The predicted octanol–water partition coefficient (Wildman–Crippen LogP) is 0.749. The number of esters is 1. The van der Waals surface area contributed by atoms with Crippen molar-refractivity contribution in [2.24, 2.45) is 5.84 Å². The maximum atomic E-state index is 11.0.